The molecular weight excluding hydrogens is 236 g/mol. The van der Waals surface area contributed by atoms with Crippen molar-refractivity contribution in [1.29, 1.82) is 0 Å². The maximum Gasteiger partial charge on any atom is 0.0665 e. The molecule has 0 aromatic heterocycles. The lowest BCUT2D eigenvalue weighted by molar-refractivity contribution is 0.135. The van der Waals surface area contributed by atoms with Crippen molar-refractivity contribution in [3.05, 3.63) is 29.3 Å². The Kier molecular flexibility index (Phi) is 3.92. The van der Waals surface area contributed by atoms with Crippen molar-refractivity contribution in [3.63, 3.8) is 0 Å². The van der Waals surface area contributed by atoms with Gasteiger partial charge in [-0.25, -0.2) is 0 Å². The number of benzene rings is 1. The predicted octanol–water partition coefficient (Wildman–Crippen LogP) is 2.11. The van der Waals surface area contributed by atoms with Gasteiger partial charge in [-0.2, -0.15) is 0 Å². The van der Waals surface area contributed by atoms with Gasteiger partial charge in [0.1, 0.15) is 0 Å². The van der Waals surface area contributed by atoms with Crippen LogP contribution in [-0.2, 0) is 0 Å². The minimum absolute atomic E-state index is 0.151. The van der Waals surface area contributed by atoms with E-state index in [1.54, 1.807) is 0 Å². The first-order chi connectivity index (χ1) is 8.16. The number of nitrogens with one attached hydrogen (secondary N) is 2. The second-order valence-electron chi connectivity index (χ2n) is 4.80. The molecule has 94 valence electrons. The maximum absolute atomic E-state index is 9.71. The van der Waals surface area contributed by atoms with Gasteiger partial charge < -0.3 is 15.7 Å². The van der Waals surface area contributed by atoms with Crippen LogP contribution < -0.4 is 10.6 Å². The summed E-state index contributed by atoms with van der Waals surface area (Å²) in [6.45, 7) is 4.18. The SMILES string of the molecule is CC1CNCCC1(CO)Nc1ccc(Cl)cc1. The molecule has 4 heteroatoms. The highest BCUT2D eigenvalue weighted by Gasteiger charge is 2.37. The fraction of sp³-hybridized carbons (Fsp3) is 0.538. The van der Waals surface area contributed by atoms with E-state index in [-0.39, 0.29) is 12.1 Å². The van der Waals surface area contributed by atoms with Crippen molar-refractivity contribution in [2.24, 2.45) is 5.92 Å². The van der Waals surface area contributed by atoms with Crippen LogP contribution in [-0.4, -0.2) is 30.3 Å². The lowest BCUT2D eigenvalue weighted by Gasteiger charge is -2.43. The molecule has 1 aromatic rings. The van der Waals surface area contributed by atoms with E-state index in [0.717, 1.165) is 30.2 Å². The van der Waals surface area contributed by atoms with E-state index in [9.17, 15) is 5.11 Å². The molecule has 0 spiro atoms. The summed E-state index contributed by atoms with van der Waals surface area (Å²) in [5, 5.41) is 17.3. The molecule has 2 rings (SSSR count). The van der Waals surface area contributed by atoms with Crippen LogP contribution in [0, 0.1) is 5.92 Å². The van der Waals surface area contributed by atoms with Crippen molar-refractivity contribution in [2.45, 2.75) is 18.9 Å². The summed E-state index contributed by atoms with van der Waals surface area (Å²) in [6, 6.07) is 7.63. The van der Waals surface area contributed by atoms with Crippen LogP contribution in [0.15, 0.2) is 24.3 Å². The average Bonchev–Trinajstić information content (AvgIpc) is 2.35. The van der Waals surface area contributed by atoms with Crippen LogP contribution in [0.25, 0.3) is 0 Å². The van der Waals surface area contributed by atoms with Gasteiger partial charge in [-0.15, -0.1) is 0 Å². The van der Waals surface area contributed by atoms with Gasteiger partial charge in [0.15, 0.2) is 0 Å². The zero-order valence-electron chi connectivity index (χ0n) is 10.0. The number of hydrogen-bond acceptors (Lipinski definition) is 3. The lowest BCUT2D eigenvalue weighted by atomic mass is 9.80. The molecule has 0 amide bonds. The highest BCUT2D eigenvalue weighted by molar-refractivity contribution is 6.30. The van der Waals surface area contributed by atoms with E-state index in [2.05, 4.69) is 17.6 Å². The number of aliphatic hydroxyl groups excluding tert-OH is 1. The Bertz CT molecular complexity index is 368. The molecule has 1 heterocycles. The van der Waals surface area contributed by atoms with Crippen LogP contribution in [0.5, 0.6) is 0 Å². The Hall–Kier alpha value is -0.770. The minimum Gasteiger partial charge on any atom is -0.394 e. The average molecular weight is 255 g/mol. The van der Waals surface area contributed by atoms with Crippen molar-refractivity contribution in [2.75, 3.05) is 25.0 Å². The van der Waals surface area contributed by atoms with E-state index in [4.69, 9.17) is 11.6 Å². The third-order valence-corrected chi connectivity index (χ3v) is 3.91. The fourth-order valence-electron chi connectivity index (χ4n) is 2.35. The third-order valence-electron chi connectivity index (χ3n) is 3.66. The molecular formula is C13H19ClN2O. The van der Waals surface area contributed by atoms with Gasteiger partial charge in [0.25, 0.3) is 0 Å². The second kappa shape index (κ2) is 5.25. The summed E-state index contributed by atoms with van der Waals surface area (Å²) in [5.74, 6) is 0.386. The van der Waals surface area contributed by atoms with Crippen molar-refractivity contribution in [1.82, 2.24) is 5.32 Å². The van der Waals surface area contributed by atoms with E-state index in [1.165, 1.54) is 0 Å². The van der Waals surface area contributed by atoms with Gasteiger partial charge in [0.2, 0.25) is 0 Å². The Morgan fingerprint density at radius 1 is 1.47 bits per heavy atom. The number of piperidine rings is 1. The first-order valence-electron chi connectivity index (χ1n) is 6.02. The Labute approximate surface area is 107 Å². The van der Waals surface area contributed by atoms with Gasteiger partial charge >= 0.3 is 0 Å². The summed E-state index contributed by atoms with van der Waals surface area (Å²) >= 11 is 5.86. The zero-order chi connectivity index (χ0) is 12.3. The molecule has 3 nitrogen and oxygen atoms in total. The fourth-order valence-corrected chi connectivity index (χ4v) is 2.48. The van der Waals surface area contributed by atoms with Crippen LogP contribution in [0.2, 0.25) is 5.02 Å². The van der Waals surface area contributed by atoms with E-state index in [1.807, 2.05) is 24.3 Å². The first kappa shape index (κ1) is 12.7. The van der Waals surface area contributed by atoms with E-state index >= 15 is 0 Å². The first-order valence-corrected chi connectivity index (χ1v) is 6.39. The van der Waals surface area contributed by atoms with Crippen molar-refractivity contribution >= 4 is 17.3 Å². The van der Waals surface area contributed by atoms with Crippen LogP contribution in [0.1, 0.15) is 13.3 Å². The lowest BCUT2D eigenvalue weighted by Crippen LogP contribution is -2.56. The Morgan fingerprint density at radius 2 is 2.18 bits per heavy atom. The molecule has 1 aliphatic heterocycles. The smallest absolute Gasteiger partial charge is 0.0665 e. The predicted molar refractivity (Wildman–Crippen MR) is 71.5 cm³/mol. The van der Waals surface area contributed by atoms with Gasteiger partial charge in [-0.1, -0.05) is 18.5 Å². The summed E-state index contributed by atoms with van der Waals surface area (Å²) in [7, 11) is 0. The molecule has 1 aromatic carbocycles. The van der Waals surface area contributed by atoms with E-state index in [0.29, 0.717) is 5.92 Å². The number of halogens is 1. The molecule has 0 radical (unpaired) electrons. The maximum atomic E-state index is 9.71. The second-order valence-corrected chi connectivity index (χ2v) is 5.24. The summed E-state index contributed by atoms with van der Waals surface area (Å²) in [6.07, 6.45) is 0.924. The monoisotopic (exact) mass is 254 g/mol. The van der Waals surface area contributed by atoms with Gasteiger partial charge in [0, 0.05) is 17.3 Å². The molecule has 1 aliphatic rings. The summed E-state index contributed by atoms with van der Waals surface area (Å²) in [5.41, 5.74) is 0.788. The molecule has 2 unspecified atom stereocenters. The highest BCUT2D eigenvalue weighted by atomic mass is 35.5. The molecule has 1 saturated heterocycles. The number of hydrogen-bond donors (Lipinski definition) is 3. The van der Waals surface area contributed by atoms with Gasteiger partial charge in [-0.05, 0) is 43.1 Å². The molecule has 0 saturated carbocycles. The van der Waals surface area contributed by atoms with Gasteiger partial charge in [-0.3, -0.25) is 0 Å². The van der Waals surface area contributed by atoms with E-state index < -0.39 is 0 Å². The van der Waals surface area contributed by atoms with Crippen LogP contribution >= 0.6 is 11.6 Å². The summed E-state index contributed by atoms with van der Waals surface area (Å²) < 4.78 is 0. The van der Waals surface area contributed by atoms with Gasteiger partial charge in [0.05, 0.1) is 12.1 Å². The number of aliphatic hydroxyl groups is 1. The normalized spacial score (nSPS) is 29.0. The molecule has 0 aliphatic carbocycles. The van der Waals surface area contributed by atoms with Crippen LogP contribution in [0.4, 0.5) is 5.69 Å². The van der Waals surface area contributed by atoms with Crippen molar-refractivity contribution in [3.8, 4) is 0 Å². The number of anilines is 1. The molecule has 3 N–H and O–H groups in total. The number of rotatable bonds is 3. The largest absolute Gasteiger partial charge is 0.394 e. The molecule has 2 atom stereocenters. The van der Waals surface area contributed by atoms with Crippen molar-refractivity contribution < 1.29 is 5.11 Å². The molecule has 17 heavy (non-hydrogen) atoms. The Balaban J connectivity index is 2.15. The highest BCUT2D eigenvalue weighted by Crippen LogP contribution is 2.29. The minimum atomic E-state index is -0.223. The Morgan fingerprint density at radius 3 is 2.76 bits per heavy atom. The topological polar surface area (TPSA) is 44.3 Å². The summed E-state index contributed by atoms with van der Waals surface area (Å²) in [4.78, 5) is 0. The standard InChI is InChI=1S/C13H19ClN2O/c1-10-8-15-7-6-13(10,9-17)16-12-4-2-11(14)3-5-12/h2-5,10,15-17H,6-9H2,1H3. The van der Waals surface area contributed by atoms with Crippen LogP contribution in [0.3, 0.4) is 0 Å². The quantitative estimate of drug-likeness (QED) is 0.774. The zero-order valence-corrected chi connectivity index (χ0v) is 10.8. The third kappa shape index (κ3) is 2.73. The molecule has 1 fully saturated rings. The molecule has 0 bridgehead atoms.